The Kier molecular flexibility index (Phi) is 7.46. The first-order valence-corrected chi connectivity index (χ1v) is 14.3. The highest BCUT2D eigenvalue weighted by molar-refractivity contribution is 9.10. The molecule has 1 aliphatic rings. The number of benzene rings is 2. The molecule has 36 heavy (non-hydrogen) atoms. The second kappa shape index (κ2) is 11.1. The van der Waals surface area contributed by atoms with E-state index in [1.54, 1.807) is 16.8 Å². The van der Waals surface area contributed by atoms with Crippen molar-refractivity contribution in [3.05, 3.63) is 117 Å². The molecule has 2 aromatic carbocycles. The van der Waals surface area contributed by atoms with Crippen molar-refractivity contribution in [2.45, 2.75) is 13.1 Å². The standard InChI is InChI=1S/C27H23BrClN5OSi/c28-22-16-32-34-25(13-24(33-27(22)34)21-6-1-2-7-23(21)29)30-14-19-4-3-5-20(12-19)15-31-26(35)9-8-18-10-11-36-17-18/h1-13,16-17,30H,14-15,36H2,(H,31,35)/b9-8+. The molecule has 4 aromatic rings. The van der Waals surface area contributed by atoms with Crippen LogP contribution in [0.1, 0.15) is 11.1 Å². The highest BCUT2D eigenvalue weighted by atomic mass is 79.9. The van der Waals surface area contributed by atoms with Gasteiger partial charge in [-0.05, 0) is 38.7 Å². The predicted octanol–water partition coefficient (Wildman–Crippen LogP) is 5.18. The number of amides is 1. The zero-order chi connectivity index (χ0) is 24.9. The maximum atomic E-state index is 12.2. The molecule has 0 atom stereocenters. The minimum absolute atomic E-state index is 0.100. The number of hydrogen-bond donors (Lipinski definition) is 2. The lowest BCUT2D eigenvalue weighted by Crippen LogP contribution is -2.20. The van der Waals surface area contributed by atoms with E-state index < -0.39 is 0 Å². The van der Waals surface area contributed by atoms with Gasteiger partial charge >= 0.3 is 0 Å². The van der Waals surface area contributed by atoms with Crippen molar-refractivity contribution in [1.29, 1.82) is 0 Å². The number of anilines is 1. The number of carbonyl (C=O) groups excluding carboxylic acids is 1. The van der Waals surface area contributed by atoms with Crippen LogP contribution in [0.4, 0.5) is 5.82 Å². The van der Waals surface area contributed by atoms with Crippen LogP contribution in [0.25, 0.3) is 16.9 Å². The van der Waals surface area contributed by atoms with Crippen LogP contribution in [-0.4, -0.2) is 30.0 Å². The number of rotatable bonds is 8. The van der Waals surface area contributed by atoms with Crippen LogP contribution in [0.3, 0.4) is 0 Å². The third-order valence-corrected chi connectivity index (χ3v) is 7.84. The second-order valence-corrected chi connectivity index (χ2v) is 10.9. The van der Waals surface area contributed by atoms with Crippen LogP contribution in [0.5, 0.6) is 0 Å². The molecule has 180 valence electrons. The molecule has 0 aliphatic carbocycles. The van der Waals surface area contributed by atoms with E-state index in [2.05, 4.69) is 55.2 Å². The molecule has 1 amide bonds. The topological polar surface area (TPSA) is 71.3 Å². The largest absolute Gasteiger partial charge is 0.366 e. The van der Waals surface area contributed by atoms with E-state index in [1.165, 1.54) is 0 Å². The first-order valence-electron chi connectivity index (χ1n) is 11.5. The maximum absolute atomic E-state index is 12.2. The van der Waals surface area contributed by atoms with Gasteiger partial charge in [0.15, 0.2) is 5.65 Å². The van der Waals surface area contributed by atoms with Crippen LogP contribution in [-0.2, 0) is 17.9 Å². The monoisotopic (exact) mass is 575 g/mol. The highest BCUT2D eigenvalue weighted by Crippen LogP contribution is 2.30. The third-order valence-electron chi connectivity index (χ3n) is 5.74. The molecule has 2 aromatic heterocycles. The zero-order valence-corrected chi connectivity index (χ0v) is 23.0. The number of allylic oxidation sites excluding steroid dienone is 3. The number of aromatic nitrogens is 3. The Bertz CT molecular complexity index is 1530. The molecule has 5 rings (SSSR count). The van der Waals surface area contributed by atoms with Crippen molar-refractivity contribution < 1.29 is 4.79 Å². The lowest BCUT2D eigenvalue weighted by molar-refractivity contribution is -0.116. The Labute approximate surface area is 224 Å². The Hall–Kier alpha value is -3.46. The van der Waals surface area contributed by atoms with Crippen LogP contribution in [0.2, 0.25) is 5.02 Å². The van der Waals surface area contributed by atoms with Gasteiger partial charge in [-0.3, -0.25) is 4.79 Å². The van der Waals surface area contributed by atoms with Crippen molar-refractivity contribution in [3.8, 4) is 11.3 Å². The van der Waals surface area contributed by atoms with Gasteiger partial charge in [0.2, 0.25) is 5.91 Å². The fraction of sp³-hybridized carbons (Fsp3) is 0.0741. The lowest BCUT2D eigenvalue weighted by atomic mass is 10.1. The number of carbonyl (C=O) groups is 1. The molecule has 0 fully saturated rings. The normalized spacial score (nSPS) is 13.6. The van der Waals surface area contributed by atoms with Crippen LogP contribution >= 0.6 is 27.5 Å². The van der Waals surface area contributed by atoms with E-state index in [0.717, 1.165) is 38.2 Å². The summed E-state index contributed by atoms with van der Waals surface area (Å²) in [5, 5.41) is 11.5. The van der Waals surface area contributed by atoms with Crippen molar-refractivity contribution >= 4 is 54.4 Å². The molecule has 6 nitrogen and oxygen atoms in total. The molecule has 0 saturated heterocycles. The van der Waals surface area contributed by atoms with Gasteiger partial charge in [-0.2, -0.15) is 9.61 Å². The van der Waals surface area contributed by atoms with Gasteiger partial charge in [0, 0.05) is 35.8 Å². The van der Waals surface area contributed by atoms with Crippen LogP contribution < -0.4 is 10.6 Å². The summed E-state index contributed by atoms with van der Waals surface area (Å²) in [6, 6.07) is 17.7. The van der Waals surface area contributed by atoms with Gasteiger partial charge in [0.25, 0.3) is 0 Å². The average Bonchev–Trinajstić information content (AvgIpc) is 3.55. The first kappa shape index (κ1) is 24.2. The van der Waals surface area contributed by atoms with Gasteiger partial charge in [0.05, 0.1) is 25.9 Å². The molecule has 2 N–H and O–H groups in total. The Balaban J connectivity index is 1.29. The minimum atomic E-state index is -0.209. The maximum Gasteiger partial charge on any atom is 0.244 e. The fourth-order valence-electron chi connectivity index (χ4n) is 3.93. The van der Waals surface area contributed by atoms with E-state index in [-0.39, 0.29) is 15.4 Å². The van der Waals surface area contributed by atoms with Crippen molar-refractivity contribution in [2.75, 3.05) is 5.32 Å². The molecule has 0 bridgehead atoms. The Morgan fingerprint density at radius 1 is 1.11 bits per heavy atom. The van der Waals surface area contributed by atoms with Crippen LogP contribution in [0.15, 0.2) is 100 Å². The second-order valence-electron chi connectivity index (χ2n) is 8.30. The molecule has 0 unspecified atom stereocenters. The van der Waals surface area contributed by atoms with E-state index >= 15 is 0 Å². The molecule has 9 heteroatoms. The average molecular weight is 577 g/mol. The molecule has 0 radical (unpaired) electrons. The molecule has 0 spiro atoms. The Morgan fingerprint density at radius 3 is 2.75 bits per heavy atom. The van der Waals surface area contributed by atoms with Gasteiger partial charge in [-0.25, -0.2) is 4.98 Å². The summed E-state index contributed by atoms with van der Waals surface area (Å²) in [4.78, 5) is 16.9. The van der Waals surface area contributed by atoms with E-state index in [0.29, 0.717) is 23.8 Å². The smallest absolute Gasteiger partial charge is 0.244 e. The van der Waals surface area contributed by atoms with Crippen molar-refractivity contribution in [3.63, 3.8) is 0 Å². The summed E-state index contributed by atoms with van der Waals surface area (Å²) >= 11 is 9.98. The summed E-state index contributed by atoms with van der Waals surface area (Å²) in [7, 11) is -0.209. The fourth-order valence-corrected chi connectivity index (χ4v) is 5.60. The summed E-state index contributed by atoms with van der Waals surface area (Å²) in [5.41, 5.74) is 9.97. The first-order chi connectivity index (χ1) is 17.6. The van der Waals surface area contributed by atoms with Crippen molar-refractivity contribution in [2.24, 2.45) is 0 Å². The molecule has 1 aliphatic heterocycles. The highest BCUT2D eigenvalue weighted by Gasteiger charge is 2.13. The molecular formula is C27H23BrClN5OSi. The van der Waals surface area contributed by atoms with Crippen LogP contribution in [0, 0.1) is 0 Å². The minimum Gasteiger partial charge on any atom is -0.366 e. The molecular weight excluding hydrogens is 554 g/mol. The quantitative estimate of drug-likeness (QED) is 0.224. The predicted molar refractivity (Wildman–Crippen MR) is 152 cm³/mol. The lowest BCUT2D eigenvalue weighted by Gasteiger charge is -2.12. The molecule has 0 saturated carbocycles. The number of hydrogen-bond acceptors (Lipinski definition) is 4. The zero-order valence-electron chi connectivity index (χ0n) is 19.3. The summed E-state index contributed by atoms with van der Waals surface area (Å²) < 4.78 is 2.56. The SMILES string of the molecule is O=C(/C=C/C1=C[SiH2]C=C1)NCc1cccc(CNc2cc(-c3ccccc3Cl)nc3c(Br)cnn23)c1. The van der Waals surface area contributed by atoms with Crippen molar-refractivity contribution in [1.82, 2.24) is 19.9 Å². The van der Waals surface area contributed by atoms with E-state index in [1.807, 2.05) is 54.6 Å². The number of halogens is 2. The Morgan fingerprint density at radius 2 is 1.94 bits per heavy atom. The number of nitrogens with one attached hydrogen (secondary N) is 2. The van der Waals surface area contributed by atoms with Gasteiger partial charge in [-0.1, -0.05) is 77.6 Å². The van der Waals surface area contributed by atoms with E-state index in [4.69, 9.17) is 16.6 Å². The number of fused-ring (bicyclic) bond motifs is 1. The summed E-state index contributed by atoms with van der Waals surface area (Å²) in [6.07, 6.45) is 7.26. The summed E-state index contributed by atoms with van der Waals surface area (Å²) in [6.45, 7) is 1.04. The van der Waals surface area contributed by atoms with Gasteiger partial charge in [0.1, 0.15) is 5.82 Å². The van der Waals surface area contributed by atoms with E-state index in [9.17, 15) is 4.79 Å². The van der Waals surface area contributed by atoms with Gasteiger partial charge < -0.3 is 10.6 Å². The summed E-state index contributed by atoms with van der Waals surface area (Å²) in [5.74, 6) is 0.694. The molecule has 3 heterocycles. The van der Waals surface area contributed by atoms with Gasteiger partial charge in [-0.15, -0.1) is 0 Å². The third kappa shape index (κ3) is 5.67. The number of nitrogens with zero attached hydrogens (tertiary/aromatic N) is 3.